The molecule has 0 aromatic heterocycles. The van der Waals surface area contributed by atoms with Crippen molar-refractivity contribution in [1.82, 2.24) is 5.32 Å². The van der Waals surface area contributed by atoms with Crippen molar-refractivity contribution in [3.63, 3.8) is 0 Å². The Labute approximate surface area is 128 Å². The van der Waals surface area contributed by atoms with Crippen molar-refractivity contribution in [3.05, 3.63) is 29.8 Å². The van der Waals surface area contributed by atoms with E-state index in [2.05, 4.69) is 41.4 Å². The molecule has 0 radical (unpaired) electrons. The number of fused-ring (bicyclic) bond motifs is 3. The summed E-state index contributed by atoms with van der Waals surface area (Å²) in [6.07, 6.45) is 8.32. The average molecular weight is 284 g/mol. The molecule has 1 aromatic rings. The van der Waals surface area contributed by atoms with Gasteiger partial charge in [0.05, 0.1) is 0 Å². The second-order valence-corrected chi connectivity index (χ2v) is 7.65. The summed E-state index contributed by atoms with van der Waals surface area (Å²) in [4.78, 5) is 2.66. The molecule has 3 heterocycles. The van der Waals surface area contributed by atoms with E-state index in [4.69, 9.17) is 0 Å². The second kappa shape index (κ2) is 5.64. The first-order valence-electron chi connectivity index (χ1n) is 8.87. The number of nitrogens with zero attached hydrogens (tertiary/aromatic N) is 1. The lowest BCUT2D eigenvalue weighted by molar-refractivity contribution is 0.286. The number of para-hydroxylation sites is 1. The molecule has 0 spiro atoms. The fraction of sp³-hybridized carbons (Fsp3) is 0.684. The van der Waals surface area contributed by atoms with E-state index in [0.29, 0.717) is 0 Å². The topological polar surface area (TPSA) is 15.3 Å². The van der Waals surface area contributed by atoms with Gasteiger partial charge in [-0.25, -0.2) is 0 Å². The number of anilines is 1. The summed E-state index contributed by atoms with van der Waals surface area (Å²) in [5.74, 6) is 1.75. The van der Waals surface area contributed by atoms with Crippen LogP contribution in [-0.4, -0.2) is 25.2 Å². The third-order valence-electron chi connectivity index (χ3n) is 5.81. The maximum atomic E-state index is 3.77. The van der Waals surface area contributed by atoms with Gasteiger partial charge in [0.1, 0.15) is 0 Å². The Morgan fingerprint density at radius 2 is 1.90 bits per heavy atom. The lowest BCUT2D eigenvalue weighted by atomic mass is 9.88. The van der Waals surface area contributed by atoms with Gasteiger partial charge in [0.15, 0.2) is 0 Å². The predicted molar refractivity (Wildman–Crippen MR) is 88.8 cm³/mol. The monoisotopic (exact) mass is 284 g/mol. The molecule has 3 atom stereocenters. The molecule has 0 aliphatic carbocycles. The Hall–Kier alpha value is -1.02. The highest BCUT2D eigenvalue weighted by atomic mass is 15.1. The highest BCUT2D eigenvalue weighted by molar-refractivity contribution is 5.55. The van der Waals surface area contributed by atoms with Crippen molar-refractivity contribution >= 4 is 5.69 Å². The van der Waals surface area contributed by atoms with Crippen molar-refractivity contribution in [2.24, 2.45) is 11.8 Å². The number of hydrogen-bond donors (Lipinski definition) is 1. The summed E-state index contributed by atoms with van der Waals surface area (Å²) in [5.41, 5.74) is 3.06. The molecule has 2 bridgehead atoms. The van der Waals surface area contributed by atoms with E-state index in [1.54, 1.807) is 5.56 Å². The summed E-state index contributed by atoms with van der Waals surface area (Å²) in [6.45, 7) is 4.90. The van der Waals surface area contributed by atoms with E-state index in [1.165, 1.54) is 57.3 Å². The van der Waals surface area contributed by atoms with Gasteiger partial charge in [-0.2, -0.15) is 0 Å². The lowest BCUT2D eigenvalue weighted by Gasteiger charge is -2.37. The van der Waals surface area contributed by atoms with Crippen LogP contribution < -0.4 is 10.2 Å². The Balaban J connectivity index is 1.41. The molecular weight excluding hydrogens is 256 g/mol. The van der Waals surface area contributed by atoms with Crippen LogP contribution in [0.1, 0.15) is 44.6 Å². The van der Waals surface area contributed by atoms with E-state index in [-0.39, 0.29) is 0 Å². The number of benzene rings is 1. The van der Waals surface area contributed by atoms with E-state index in [9.17, 15) is 0 Å². The zero-order valence-corrected chi connectivity index (χ0v) is 13.2. The molecule has 1 N–H and O–H groups in total. The third kappa shape index (κ3) is 2.83. The molecule has 2 saturated heterocycles. The minimum Gasteiger partial charge on any atom is -0.371 e. The molecule has 3 unspecified atom stereocenters. The Morgan fingerprint density at radius 3 is 2.71 bits per heavy atom. The van der Waals surface area contributed by atoms with Gasteiger partial charge < -0.3 is 10.2 Å². The van der Waals surface area contributed by atoms with Crippen LogP contribution in [0.25, 0.3) is 0 Å². The van der Waals surface area contributed by atoms with Crippen molar-refractivity contribution in [2.75, 3.05) is 18.0 Å². The Bertz CT molecular complexity index is 486. The van der Waals surface area contributed by atoms with Crippen LogP contribution in [0.5, 0.6) is 0 Å². The van der Waals surface area contributed by atoms with E-state index >= 15 is 0 Å². The van der Waals surface area contributed by atoms with E-state index < -0.39 is 0 Å². The van der Waals surface area contributed by atoms with Gasteiger partial charge in [0, 0.05) is 30.9 Å². The van der Waals surface area contributed by atoms with Gasteiger partial charge in [-0.1, -0.05) is 25.1 Å². The normalized spacial score (nSPS) is 34.8. The van der Waals surface area contributed by atoms with Crippen LogP contribution >= 0.6 is 0 Å². The molecule has 114 valence electrons. The van der Waals surface area contributed by atoms with Crippen molar-refractivity contribution in [3.8, 4) is 0 Å². The Morgan fingerprint density at radius 1 is 1.14 bits per heavy atom. The third-order valence-corrected chi connectivity index (χ3v) is 5.81. The molecule has 1 aromatic carbocycles. The van der Waals surface area contributed by atoms with E-state index in [1.807, 2.05) is 0 Å². The fourth-order valence-corrected chi connectivity index (χ4v) is 4.87. The van der Waals surface area contributed by atoms with Crippen molar-refractivity contribution in [1.29, 1.82) is 0 Å². The van der Waals surface area contributed by atoms with Gasteiger partial charge in [-0.15, -0.1) is 0 Å². The summed E-state index contributed by atoms with van der Waals surface area (Å²) in [6, 6.07) is 10.7. The summed E-state index contributed by atoms with van der Waals surface area (Å²) < 4.78 is 0. The molecule has 4 rings (SSSR count). The van der Waals surface area contributed by atoms with Gasteiger partial charge in [0.2, 0.25) is 0 Å². The predicted octanol–water partition coefficient (Wildman–Crippen LogP) is 3.61. The highest BCUT2D eigenvalue weighted by Gasteiger charge is 2.33. The van der Waals surface area contributed by atoms with Crippen LogP contribution in [0, 0.1) is 11.8 Å². The molecule has 21 heavy (non-hydrogen) atoms. The zero-order valence-electron chi connectivity index (χ0n) is 13.2. The highest BCUT2D eigenvalue weighted by Crippen LogP contribution is 2.34. The minimum atomic E-state index is 0.795. The SMILES string of the molecule is CC1Cc2ccccc2N(CCC2CC3CCC(C2)N3)C1. The molecule has 2 nitrogen and oxygen atoms in total. The molecule has 3 aliphatic rings. The molecule has 0 saturated carbocycles. The quantitative estimate of drug-likeness (QED) is 0.912. The first-order chi connectivity index (χ1) is 10.3. The number of hydrogen-bond acceptors (Lipinski definition) is 2. The maximum Gasteiger partial charge on any atom is 0.0398 e. The first kappa shape index (κ1) is 13.6. The zero-order chi connectivity index (χ0) is 14.2. The molecule has 0 amide bonds. The van der Waals surface area contributed by atoms with Crippen LogP contribution in [0.15, 0.2) is 24.3 Å². The summed E-state index contributed by atoms with van der Waals surface area (Å²) in [7, 11) is 0. The van der Waals surface area contributed by atoms with Crippen molar-refractivity contribution in [2.45, 2.75) is 57.5 Å². The van der Waals surface area contributed by atoms with Crippen LogP contribution in [0.4, 0.5) is 5.69 Å². The second-order valence-electron chi connectivity index (χ2n) is 7.65. The molecular formula is C19H28N2. The lowest BCUT2D eigenvalue weighted by Crippen LogP contribution is -2.40. The summed E-state index contributed by atoms with van der Waals surface area (Å²) in [5, 5.41) is 3.77. The van der Waals surface area contributed by atoms with E-state index in [0.717, 1.165) is 23.9 Å². The van der Waals surface area contributed by atoms with Gasteiger partial charge in [0.25, 0.3) is 0 Å². The first-order valence-corrected chi connectivity index (χ1v) is 8.87. The molecule has 3 aliphatic heterocycles. The smallest absolute Gasteiger partial charge is 0.0398 e. The van der Waals surface area contributed by atoms with Gasteiger partial charge in [-0.05, 0) is 62.0 Å². The van der Waals surface area contributed by atoms with Gasteiger partial charge in [-0.3, -0.25) is 0 Å². The Kier molecular flexibility index (Phi) is 3.66. The molecule has 2 heteroatoms. The largest absolute Gasteiger partial charge is 0.371 e. The van der Waals surface area contributed by atoms with Gasteiger partial charge >= 0.3 is 0 Å². The minimum absolute atomic E-state index is 0.795. The molecule has 2 fully saturated rings. The number of piperidine rings is 1. The number of nitrogens with one attached hydrogen (secondary N) is 1. The standard InChI is InChI=1S/C19H28N2/c1-14-10-16-4-2-3-5-19(16)21(13-14)9-8-15-11-17-6-7-18(12-15)20-17/h2-5,14-15,17-18,20H,6-13H2,1H3. The van der Waals surface area contributed by atoms with Crippen LogP contribution in [0.3, 0.4) is 0 Å². The summed E-state index contributed by atoms with van der Waals surface area (Å²) >= 11 is 0. The van der Waals surface area contributed by atoms with Crippen LogP contribution in [0.2, 0.25) is 0 Å². The number of rotatable bonds is 3. The van der Waals surface area contributed by atoms with Crippen LogP contribution in [-0.2, 0) is 6.42 Å². The fourth-order valence-electron chi connectivity index (χ4n) is 4.87. The maximum absolute atomic E-state index is 3.77. The van der Waals surface area contributed by atoms with Crippen molar-refractivity contribution < 1.29 is 0 Å². The average Bonchev–Trinajstić information content (AvgIpc) is 2.83.